The molecule has 1 aromatic heterocycles. The molecule has 0 unspecified atom stereocenters. The summed E-state index contributed by atoms with van der Waals surface area (Å²) in [5, 5.41) is 12.3. The highest BCUT2D eigenvalue weighted by Gasteiger charge is 2.12. The molecule has 0 spiro atoms. The molecule has 10 heteroatoms. The van der Waals surface area contributed by atoms with E-state index in [4.69, 9.17) is 25.8 Å². The smallest absolute Gasteiger partial charge is 0.279 e. The number of methoxy groups -OCH3 is 3. The molecule has 2 N–H and O–H groups in total. The highest BCUT2D eigenvalue weighted by molar-refractivity contribution is 6.34. The van der Waals surface area contributed by atoms with Gasteiger partial charge in [0, 0.05) is 11.1 Å². The van der Waals surface area contributed by atoms with Crippen molar-refractivity contribution in [2.45, 2.75) is 0 Å². The third-order valence-electron chi connectivity index (χ3n) is 3.95. The van der Waals surface area contributed by atoms with Crippen LogP contribution < -0.4 is 25.2 Å². The molecular formula is C19H18ClN5O4. The molecule has 0 radical (unpaired) electrons. The van der Waals surface area contributed by atoms with Crippen LogP contribution in [0.3, 0.4) is 0 Å². The lowest BCUT2D eigenvalue weighted by Gasteiger charge is -2.10. The van der Waals surface area contributed by atoms with Crippen molar-refractivity contribution >= 4 is 23.8 Å². The first-order chi connectivity index (χ1) is 14.1. The van der Waals surface area contributed by atoms with Gasteiger partial charge in [-0.1, -0.05) is 11.6 Å². The highest BCUT2D eigenvalue weighted by atomic mass is 35.5. The van der Waals surface area contributed by atoms with E-state index in [0.717, 1.165) is 0 Å². The minimum atomic E-state index is -0.410. The molecule has 2 aromatic carbocycles. The second-order valence-electron chi connectivity index (χ2n) is 5.65. The Labute approximate surface area is 171 Å². The van der Waals surface area contributed by atoms with Crippen molar-refractivity contribution in [2.75, 3.05) is 26.8 Å². The van der Waals surface area contributed by atoms with Crippen LogP contribution >= 0.6 is 11.6 Å². The number of benzene rings is 2. The summed E-state index contributed by atoms with van der Waals surface area (Å²) < 4.78 is 15.5. The molecule has 0 amide bonds. The number of hydrogen-bond acceptors (Lipinski definition) is 8. The number of nitrogens with one attached hydrogen (secondary N) is 2. The molecule has 0 atom stereocenters. The second-order valence-corrected chi connectivity index (χ2v) is 6.03. The van der Waals surface area contributed by atoms with E-state index in [2.05, 4.69) is 25.7 Å². The van der Waals surface area contributed by atoms with E-state index in [0.29, 0.717) is 33.4 Å². The maximum absolute atomic E-state index is 12.3. The van der Waals surface area contributed by atoms with Crippen LogP contribution in [0.15, 0.2) is 46.3 Å². The zero-order chi connectivity index (χ0) is 20.8. The molecule has 0 bridgehead atoms. The quantitative estimate of drug-likeness (QED) is 0.450. The fourth-order valence-corrected chi connectivity index (χ4v) is 2.77. The van der Waals surface area contributed by atoms with Gasteiger partial charge in [-0.05, 0) is 36.4 Å². The molecule has 0 aliphatic heterocycles. The van der Waals surface area contributed by atoms with Gasteiger partial charge < -0.3 is 14.2 Å². The van der Waals surface area contributed by atoms with Crippen molar-refractivity contribution in [3.63, 3.8) is 0 Å². The lowest BCUT2D eigenvalue weighted by Crippen LogP contribution is -2.15. The summed E-state index contributed by atoms with van der Waals surface area (Å²) in [6.07, 6.45) is 1.46. The predicted octanol–water partition coefficient (Wildman–Crippen LogP) is 2.96. The summed E-state index contributed by atoms with van der Waals surface area (Å²) in [5.41, 5.74) is 3.59. The van der Waals surface area contributed by atoms with Crippen LogP contribution in [0.4, 0.5) is 5.95 Å². The van der Waals surface area contributed by atoms with Gasteiger partial charge in [-0.25, -0.2) is 5.43 Å². The number of hydrogen-bond donors (Lipinski definition) is 2. The average Bonchev–Trinajstić information content (AvgIpc) is 2.75. The number of nitrogens with zero attached hydrogens (tertiary/aromatic N) is 3. The predicted molar refractivity (Wildman–Crippen MR) is 110 cm³/mol. The van der Waals surface area contributed by atoms with Gasteiger partial charge in [0.05, 0.1) is 32.6 Å². The molecule has 0 fully saturated rings. The Morgan fingerprint density at radius 3 is 2.41 bits per heavy atom. The van der Waals surface area contributed by atoms with Gasteiger partial charge in [-0.3, -0.25) is 9.78 Å². The second kappa shape index (κ2) is 9.07. The van der Waals surface area contributed by atoms with Gasteiger partial charge in [0.15, 0.2) is 17.2 Å². The number of aromatic amines is 1. The number of anilines is 1. The van der Waals surface area contributed by atoms with Crippen LogP contribution in [-0.4, -0.2) is 42.7 Å². The SMILES string of the molecule is COc1ccc(-c2nnc(N/N=C/c3ccc(OC)c(OC)c3Cl)[nH]c2=O)cc1. The number of H-pyrrole nitrogens is 1. The molecule has 29 heavy (non-hydrogen) atoms. The number of rotatable bonds is 7. The number of aromatic nitrogens is 3. The molecule has 0 aliphatic rings. The van der Waals surface area contributed by atoms with Crippen molar-refractivity contribution in [3.8, 4) is 28.5 Å². The summed E-state index contributed by atoms with van der Waals surface area (Å²) in [5.74, 6) is 1.67. The fraction of sp³-hybridized carbons (Fsp3) is 0.158. The molecule has 0 saturated heterocycles. The maximum atomic E-state index is 12.3. The minimum Gasteiger partial charge on any atom is -0.497 e. The Bertz CT molecular complexity index is 1080. The van der Waals surface area contributed by atoms with Gasteiger partial charge in [0.25, 0.3) is 5.56 Å². The van der Waals surface area contributed by atoms with Crippen LogP contribution in [-0.2, 0) is 0 Å². The summed E-state index contributed by atoms with van der Waals surface area (Å²) in [4.78, 5) is 14.9. The summed E-state index contributed by atoms with van der Waals surface area (Å²) in [6.45, 7) is 0. The number of hydrazone groups is 1. The van der Waals surface area contributed by atoms with Crippen molar-refractivity contribution in [3.05, 3.63) is 57.3 Å². The summed E-state index contributed by atoms with van der Waals surface area (Å²) in [6, 6.07) is 10.3. The molecule has 0 saturated carbocycles. The van der Waals surface area contributed by atoms with Crippen LogP contribution in [0.25, 0.3) is 11.3 Å². The van der Waals surface area contributed by atoms with Gasteiger partial charge >= 0.3 is 0 Å². The fourth-order valence-electron chi connectivity index (χ4n) is 2.49. The first-order valence-corrected chi connectivity index (χ1v) is 8.76. The molecule has 3 rings (SSSR count). The van der Waals surface area contributed by atoms with E-state index in [-0.39, 0.29) is 11.6 Å². The maximum Gasteiger partial charge on any atom is 0.279 e. The normalized spacial score (nSPS) is 10.8. The summed E-state index contributed by atoms with van der Waals surface area (Å²) >= 11 is 6.29. The van der Waals surface area contributed by atoms with Crippen LogP contribution in [0, 0.1) is 0 Å². The van der Waals surface area contributed by atoms with E-state index < -0.39 is 5.56 Å². The average molecular weight is 416 g/mol. The zero-order valence-corrected chi connectivity index (χ0v) is 16.6. The standard InChI is InChI=1S/C19H18ClN5O4/c1-27-13-7-4-11(5-8-13)16-18(26)22-19(25-23-16)24-21-10-12-6-9-14(28-2)17(29-3)15(12)20/h4-10H,1-3H3,(H2,22,24,25,26)/b21-10+. The number of halogens is 1. The Kier molecular flexibility index (Phi) is 6.30. The minimum absolute atomic E-state index is 0.0834. The van der Waals surface area contributed by atoms with Crippen molar-refractivity contribution in [1.82, 2.24) is 15.2 Å². The number of ether oxygens (including phenoxy) is 3. The lowest BCUT2D eigenvalue weighted by atomic mass is 10.1. The summed E-state index contributed by atoms with van der Waals surface area (Å²) in [7, 11) is 4.58. The highest BCUT2D eigenvalue weighted by Crippen LogP contribution is 2.36. The third kappa shape index (κ3) is 4.46. The Morgan fingerprint density at radius 2 is 1.79 bits per heavy atom. The molecular weight excluding hydrogens is 398 g/mol. The molecule has 9 nitrogen and oxygen atoms in total. The van der Waals surface area contributed by atoms with Crippen LogP contribution in [0.2, 0.25) is 5.02 Å². The molecule has 1 heterocycles. The van der Waals surface area contributed by atoms with Crippen LogP contribution in [0.5, 0.6) is 17.2 Å². The molecule has 0 aliphatic carbocycles. The first kappa shape index (κ1) is 20.2. The van der Waals surface area contributed by atoms with Crippen molar-refractivity contribution in [1.29, 1.82) is 0 Å². The largest absolute Gasteiger partial charge is 0.497 e. The lowest BCUT2D eigenvalue weighted by molar-refractivity contribution is 0.355. The third-order valence-corrected chi connectivity index (χ3v) is 4.34. The van der Waals surface area contributed by atoms with Gasteiger partial charge in [-0.15, -0.1) is 10.2 Å². The monoisotopic (exact) mass is 415 g/mol. The van der Waals surface area contributed by atoms with Gasteiger partial charge in [0.1, 0.15) is 5.75 Å². The Hall–Kier alpha value is -3.59. The van der Waals surface area contributed by atoms with E-state index in [1.807, 2.05) is 0 Å². The molecule has 150 valence electrons. The van der Waals surface area contributed by atoms with Gasteiger partial charge in [0.2, 0.25) is 5.95 Å². The van der Waals surface area contributed by atoms with Crippen molar-refractivity contribution in [2.24, 2.45) is 5.10 Å². The molecule has 3 aromatic rings. The van der Waals surface area contributed by atoms with E-state index >= 15 is 0 Å². The van der Waals surface area contributed by atoms with Crippen molar-refractivity contribution < 1.29 is 14.2 Å². The Balaban J connectivity index is 1.76. The topological polar surface area (TPSA) is 111 Å². The van der Waals surface area contributed by atoms with E-state index in [1.165, 1.54) is 20.4 Å². The van der Waals surface area contributed by atoms with Crippen LogP contribution in [0.1, 0.15) is 5.56 Å². The van der Waals surface area contributed by atoms with E-state index in [9.17, 15) is 4.79 Å². The van der Waals surface area contributed by atoms with Gasteiger partial charge in [-0.2, -0.15) is 5.10 Å². The zero-order valence-electron chi connectivity index (χ0n) is 15.9. The first-order valence-electron chi connectivity index (χ1n) is 8.38. The van der Waals surface area contributed by atoms with E-state index in [1.54, 1.807) is 43.5 Å². The Morgan fingerprint density at radius 1 is 1.03 bits per heavy atom.